The van der Waals surface area contributed by atoms with Gasteiger partial charge in [0.05, 0.1) is 12.1 Å². The van der Waals surface area contributed by atoms with E-state index in [9.17, 15) is 0 Å². The van der Waals surface area contributed by atoms with Crippen LogP contribution in [0, 0.1) is 16.2 Å². The second-order valence-electron chi connectivity index (χ2n) is 8.88. The van der Waals surface area contributed by atoms with Gasteiger partial charge < -0.3 is 9.47 Å². The van der Waals surface area contributed by atoms with Crippen LogP contribution in [0.15, 0.2) is 9.98 Å². The molecule has 4 heteroatoms. The van der Waals surface area contributed by atoms with E-state index in [0.29, 0.717) is 13.2 Å². The molecule has 0 fully saturated rings. The molecular formula is C17H30N2O2. The van der Waals surface area contributed by atoms with Crippen LogP contribution in [0.2, 0.25) is 0 Å². The van der Waals surface area contributed by atoms with Crippen LogP contribution in [0.1, 0.15) is 55.4 Å². The van der Waals surface area contributed by atoms with Crippen molar-refractivity contribution in [3.63, 3.8) is 0 Å². The molecule has 2 atom stereocenters. The molecule has 0 N–H and O–H groups in total. The Morgan fingerprint density at radius 2 is 1.05 bits per heavy atom. The Kier molecular flexibility index (Phi) is 3.88. The Hall–Kier alpha value is -1.06. The van der Waals surface area contributed by atoms with E-state index in [1.54, 1.807) is 0 Å². The largest absolute Gasteiger partial charge is 0.478 e. The van der Waals surface area contributed by atoms with E-state index in [1.807, 2.05) is 0 Å². The van der Waals surface area contributed by atoms with Gasteiger partial charge in [0.1, 0.15) is 18.6 Å². The van der Waals surface area contributed by atoms with Crippen molar-refractivity contribution in [2.24, 2.45) is 26.2 Å². The summed E-state index contributed by atoms with van der Waals surface area (Å²) in [5.41, 5.74) is -0.158. The summed E-state index contributed by atoms with van der Waals surface area (Å²) in [5, 5.41) is 0. The van der Waals surface area contributed by atoms with Crippen LogP contribution < -0.4 is 0 Å². The molecule has 0 aromatic rings. The van der Waals surface area contributed by atoms with Gasteiger partial charge in [-0.25, -0.2) is 9.98 Å². The third kappa shape index (κ3) is 3.24. The highest BCUT2D eigenvalue weighted by molar-refractivity contribution is 6.05. The summed E-state index contributed by atoms with van der Waals surface area (Å²) < 4.78 is 11.8. The lowest BCUT2D eigenvalue weighted by atomic mass is 9.87. The molecule has 0 aromatic carbocycles. The smallest absolute Gasteiger partial charge is 0.199 e. The van der Waals surface area contributed by atoms with Crippen molar-refractivity contribution in [3.05, 3.63) is 0 Å². The van der Waals surface area contributed by atoms with Gasteiger partial charge in [-0.05, 0) is 24.7 Å². The molecular weight excluding hydrogens is 264 g/mol. The maximum Gasteiger partial charge on any atom is 0.199 e. The average Bonchev–Trinajstić information content (AvgIpc) is 2.97. The third-order valence-corrected chi connectivity index (χ3v) is 4.37. The summed E-state index contributed by atoms with van der Waals surface area (Å²) in [4.78, 5) is 9.59. The molecule has 2 rings (SSSR count). The summed E-state index contributed by atoms with van der Waals surface area (Å²) in [6.07, 6.45) is 0. The quantitative estimate of drug-likeness (QED) is 0.779. The van der Waals surface area contributed by atoms with Gasteiger partial charge in [0, 0.05) is 0 Å². The van der Waals surface area contributed by atoms with E-state index in [2.05, 4.69) is 55.4 Å². The van der Waals surface area contributed by atoms with Gasteiger partial charge in [-0.15, -0.1) is 0 Å². The lowest BCUT2D eigenvalue weighted by molar-refractivity contribution is 0.214. The van der Waals surface area contributed by atoms with Crippen molar-refractivity contribution in [2.45, 2.75) is 67.5 Å². The van der Waals surface area contributed by atoms with Crippen LogP contribution in [0.25, 0.3) is 0 Å². The predicted molar refractivity (Wildman–Crippen MR) is 87.0 cm³/mol. The lowest BCUT2D eigenvalue weighted by Crippen LogP contribution is -2.34. The number of ether oxygens (including phenoxy) is 2. The third-order valence-electron chi connectivity index (χ3n) is 4.37. The number of nitrogens with zero attached hydrogens (tertiary/aromatic N) is 2. The molecule has 120 valence electrons. The lowest BCUT2D eigenvalue weighted by Gasteiger charge is -2.23. The first-order valence-electron chi connectivity index (χ1n) is 7.84. The Bertz CT molecular complexity index is 422. The highest BCUT2D eigenvalue weighted by atomic mass is 16.5. The van der Waals surface area contributed by atoms with E-state index >= 15 is 0 Å². The summed E-state index contributed by atoms with van der Waals surface area (Å²) in [7, 11) is 0. The SMILES string of the molecule is CC(C)(C1=NC(C(C)(C)C)CO1)C1=N[C@H](C(C)(C)C)CO1. The Balaban J connectivity index is 2.20. The van der Waals surface area contributed by atoms with Crippen LogP contribution >= 0.6 is 0 Å². The summed E-state index contributed by atoms with van der Waals surface area (Å²) >= 11 is 0. The molecule has 0 aliphatic carbocycles. The highest BCUT2D eigenvalue weighted by Gasteiger charge is 2.44. The molecule has 4 nitrogen and oxygen atoms in total. The molecule has 1 unspecified atom stereocenters. The van der Waals surface area contributed by atoms with E-state index in [4.69, 9.17) is 19.5 Å². The second kappa shape index (κ2) is 4.99. The number of hydrogen-bond donors (Lipinski definition) is 0. The number of aliphatic imine (C=N–C) groups is 2. The molecule has 0 aromatic heterocycles. The molecule has 0 spiro atoms. The standard InChI is InChI=1S/C17H30N2O2/c1-15(2,3)11-9-20-13(18-11)17(7,8)14-19-12(10-21-14)16(4,5)6/h11-12H,9-10H2,1-8H3/t11-,12?/m0/s1. The molecule has 21 heavy (non-hydrogen) atoms. The highest BCUT2D eigenvalue weighted by Crippen LogP contribution is 2.35. The first-order chi connectivity index (χ1) is 9.42. The Morgan fingerprint density at radius 1 is 0.714 bits per heavy atom. The monoisotopic (exact) mass is 294 g/mol. The minimum Gasteiger partial charge on any atom is -0.478 e. The van der Waals surface area contributed by atoms with Crippen LogP contribution in [-0.2, 0) is 9.47 Å². The molecule has 0 saturated carbocycles. The van der Waals surface area contributed by atoms with Crippen LogP contribution in [-0.4, -0.2) is 37.1 Å². The Morgan fingerprint density at radius 3 is 1.29 bits per heavy atom. The van der Waals surface area contributed by atoms with Crippen LogP contribution in [0.5, 0.6) is 0 Å². The zero-order chi connectivity index (χ0) is 16.1. The minimum absolute atomic E-state index is 0.115. The van der Waals surface area contributed by atoms with E-state index in [1.165, 1.54) is 0 Å². The summed E-state index contributed by atoms with van der Waals surface area (Å²) in [5.74, 6) is 1.52. The first kappa shape index (κ1) is 16.3. The van der Waals surface area contributed by atoms with E-state index in [0.717, 1.165) is 11.8 Å². The maximum absolute atomic E-state index is 5.88. The van der Waals surface area contributed by atoms with Gasteiger partial charge in [-0.3, -0.25) is 0 Å². The van der Waals surface area contributed by atoms with Gasteiger partial charge in [0.15, 0.2) is 11.8 Å². The Labute approximate surface area is 129 Å². The molecule has 0 saturated heterocycles. The second-order valence-corrected chi connectivity index (χ2v) is 8.88. The van der Waals surface area contributed by atoms with Gasteiger partial charge in [0.2, 0.25) is 0 Å². The van der Waals surface area contributed by atoms with Crippen molar-refractivity contribution >= 4 is 11.8 Å². The fourth-order valence-corrected chi connectivity index (χ4v) is 2.41. The van der Waals surface area contributed by atoms with E-state index < -0.39 is 0 Å². The summed E-state index contributed by atoms with van der Waals surface area (Å²) in [6, 6.07) is 0.402. The first-order valence-corrected chi connectivity index (χ1v) is 7.84. The van der Waals surface area contributed by atoms with Crippen molar-refractivity contribution in [1.82, 2.24) is 0 Å². The molecule has 0 radical (unpaired) electrons. The molecule has 2 aliphatic heterocycles. The molecule has 2 heterocycles. The molecule has 2 aliphatic rings. The van der Waals surface area contributed by atoms with Crippen molar-refractivity contribution in [2.75, 3.05) is 13.2 Å². The van der Waals surface area contributed by atoms with Crippen molar-refractivity contribution in [3.8, 4) is 0 Å². The number of hydrogen-bond acceptors (Lipinski definition) is 4. The zero-order valence-electron chi connectivity index (χ0n) is 14.8. The van der Waals surface area contributed by atoms with Crippen molar-refractivity contribution in [1.29, 1.82) is 0 Å². The van der Waals surface area contributed by atoms with Crippen molar-refractivity contribution < 1.29 is 9.47 Å². The molecule has 0 bridgehead atoms. The number of rotatable bonds is 2. The van der Waals surface area contributed by atoms with Crippen LogP contribution in [0.4, 0.5) is 0 Å². The van der Waals surface area contributed by atoms with Crippen LogP contribution in [0.3, 0.4) is 0 Å². The fraction of sp³-hybridized carbons (Fsp3) is 0.882. The van der Waals surface area contributed by atoms with Gasteiger partial charge in [0.25, 0.3) is 0 Å². The molecule has 0 amide bonds. The van der Waals surface area contributed by atoms with Gasteiger partial charge >= 0.3 is 0 Å². The van der Waals surface area contributed by atoms with E-state index in [-0.39, 0.29) is 28.3 Å². The fourth-order valence-electron chi connectivity index (χ4n) is 2.41. The normalized spacial score (nSPS) is 27.0. The topological polar surface area (TPSA) is 43.2 Å². The zero-order valence-corrected chi connectivity index (χ0v) is 14.8. The van der Waals surface area contributed by atoms with Gasteiger partial charge in [-0.2, -0.15) is 0 Å². The average molecular weight is 294 g/mol. The summed E-state index contributed by atoms with van der Waals surface area (Å²) in [6.45, 7) is 18.6. The maximum atomic E-state index is 5.88. The van der Waals surface area contributed by atoms with Gasteiger partial charge in [-0.1, -0.05) is 41.5 Å². The minimum atomic E-state index is -0.389. The predicted octanol–water partition coefficient (Wildman–Crippen LogP) is 3.70.